The van der Waals surface area contributed by atoms with E-state index in [-0.39, 0.29) is 23.5 Å². The molecule has 3 heterocycles. The van der Waals surface area contributed by atoms with Crippen LogP contribution < -0.4 is 15.2 Å². The molecule has 0 amide bonds. The minimum absolute atomic E-state index is 0.0771. The summed E-state index contributed by atoms with van der Waals surface area (Å²) in [4.78, 5) is 24.1. The second-order valence-corrected chi connectivity index (χ2v) is 9.41. The first kappa shape index (κ1) is 23.9. The van der Waals surface area contributed by atoms with Gasteiger partial charge in [-0.25, -0.2) is 9.97 Å². The maximum atomic E-state index is 12.9. The number of anilines is 1. The van der Waals surface area contributed by atoms with Crippen molar-refractivity contribution >= 4 is 16.9 Å². The number of rotatable bonds is 6. The highest BCUT2D eigenvalue weighted by molar-refractivity contribution is 5.84. The first-order valence-corrected chi connectivity index (χ1v) is 11.7. The molecule has 2 aromatic carbocycles. The number of benzene rings is 2. The third kappa shape index (κ3) is 4.68. The highest BCUT2D eigenvalue weighted by atomic mass is 19.3. The third-order valence-corrected chi connectivity index (χ3v) is 6.35. The number of fused-ring (bicyclic) bond motifs is 1. The maximum absolute atomic E-state index is 12.9. The molecule has 0 radical (unpaired) electrons. The Morgan fingerprint density at radius 3 is 2.58 bits per heavy atom. The summed E-state index contributed by atoms with van der Waals surface area (Å²) in [7, 11) is 1.65. The quantitative estimate of drug-likeness (QED) is 0.402. The first-order valence-electron chi connectivity index (χ1n) is 11.7. The molecule has 1 aliphatic rings. The molecule has 0 N–H and O–H groups in total. The van der Waals surface area contributed by atoms with Crippen molar-refractivity contribution in [2.24, 2.45) is 7.05 Å². The topological polar surface area (TPSA) is 74.4 Å². The van der Waals surface area contributed by atoms with Crippen molar-refractivity contribution < 1.29 is 18.3 Å². The highest BCUT2D eigenvalue weighted by Crippen LogP contribution is 2.27. The summed E-state index contributed by atoms with van der Waals surface area (Å²) < 4.78 is 39.5. The molecule has 1 saturated heterocycles. The number of morpholine rings is 1. The first-order chi connectivity index (χ1) is 17.2. The van der Waals surface area contributed by atoms with Gasteiger partial charge in [0.2, 0.25) is 5.95 Å². The Bertz CT molecular complexity index is 1450. The SMILES string of the molecule is Cn1c(=O)c2ccc(-c3cnc(N4CCOC(C)(C)C4)nc3)cc2n1Cc1ccccc1OC(F)F. The molecule has 0 spiro atoms. The van der Waals surface area contributed by atoms with Crippen molar-refractivity contribution in [1.29, 1.82) is 0 Å². The van der Waals surface area contributed by atoms with Crippen molar-refractivity contribution in [2.75, 3.05) is 24.6 Å². The van der Waals surface area contributed by atoms with Gasteiger partial charge < -0.3 is 14.4 Å². The van der Waals surface area contributed by atoms with E-state index in [1.54, 1.807) is 48.4 Å². The second-order valence-electron chi connectivity index (χ2n) is 9.41. The average Bonchev–Trinajstić information content (AvgIpc) is 3.08. The summed E-state index contributed by atoms with van der Waals surface area (Å²) >= 11 is 0. The zero-order valence-electron chi connectivity index (χ0n) is 20.3. The summed E-state index contributed by atoms with van der Waals surface area (Å²) in [5.41, 5.74) is 2.42. The fraction of sp³-hybridized carbons (Fsp3) is 0.346. The van der Waals surface area contributed by atoms with E-state index >= 15 is 0 Å². The van der Waals surface area contributed by atoms with Crippen molar-refractivity contribution in [3.8, 4) is 16.9 Å². The molecule has 1 fully saturated rings. The van der Waals surface area contributed by atoms with E-state index in [4.69, 9.17) is 4.74 Å². The van der Waals surface area contributed by atoms with Gasteiger partial charge in [-0.2, -0.15) is 8.78 Å². The molecule has 36 heavy (non-hydrogen) atoms. The molecule has 0 saturated carbocycles. The van der Waals surface area contributed by atoms with Gasteiger partial charge in [0.1, 0.15) is 5.75 Å². The van der Waals surface area contributed by atoms with Gasteiger partial charge in [0, 0.05) is 43.7 Å². The van der Waals surface area contributed by atoms with E-state index in [0.29, 0.717) is 35.6 Å². The number of hydrogen-bond acceptors (Lipinski definition) is 6. The van der Waals surface area contributed by atoms with Gasteiger partial charge in [0.25, 0.3) is 5.56 Å². The highest BCUT2D eigenvalue weighted by Gasteiger charge is 2.28. The van der Waals surface area contributed by atoms with Gasteiger partial charge in [-0.1, -0.05) is 24.3 Å². The lowest BCUT2D eigenvalue weighted by molar-refractivity contribution is -0.0505. The Labute approximate surface area is 206 Å². The summed E-state index contributed by atoms with van der Waals surface area (Å²) in [5.74, 6) is 0.719. The van der Waals surface area contributed by atoms with Gasteiger partial charge >= 0.3 is 6.61 Å². The summed E-state index contributed by atoms with van der Waals surface area (Å²) in [6.45, 7) is 3.37. The standard InChI is InChI=1S/C26H27F2N5O3/c1-26(2)16-32(10-11-35-26)25-29-13-19(14-30-25)17-8-9-20-21(12-17)33(31(3)23(20)34)15-18-6-4-5-7-22(18)36-24(27)28/h4-9,12-14,24H,10-11,15-16H2,1-3H3. The summed E-state index contributed by atoms with van der Waals surface area (Å²) in [6.07, 6.45) is 3.53. The van der Waals surface area contributed by atoms with Crippen LogP contribution in [0.25, 0.3) is 22.0 Å². The van der Waals surface area contributed by atoms with Crippen LogP contribution in [0.4, 0.5) is 14.7 Å². The predicted molar refractivity (Wildman–Crippen MR) is 133 cm³/mol. The summed E-state index contributed by atoms with van der Waals surface area (Å²) in [5, 5.41) is 0.529. The molecule has 188 valence electrons. The van der Waals surface area contributed by atoms with E-state index in [1.807, 2.05) is 26.0 Å². The Kier molecular flexibility index (Phi) is 6.21. The van der Waals surface area contributed by atoms with Crippen molar-refractivity contribution in [1.82, 2.24) is 19.3 Å². The number of para-hydroxylation sites is 1. The minimum atomic E-state index is -2.94. The minimum Gasteiger partial charge on any atom is -0.434 e. The van der Waals surface area contributed by atoms with Gasteiger partial charge in [-0.15, -0.1) is 0 Å². The van der Waals surface area contributed by atoms with Gasteiger partial charge in [-0.3, -0.25) is 14.2 Å². The lowest BCUT2D eigenvalue weighted by Crippen LogP contribution is -2.48. The molecule has 0 aliphatic carbocycles. The van der Waals surface area contributed by atoms with Crippen LogP contribution in [0, 0.1) is 0 Å². The predicted octanol–water partition coefficient (Wildman–Crippen LogP) is 4.06. The molecular weight excluding hydrogens is 468 g/mol. The molecule has 8 nitrogen and oxygen atoms in total. The van der Waals surface area contributed by atoms with Crippen LogP contribution >= 0.6 is 0 Å². The molecular formula is C26H27F2N5O3. The molecule has 4 aromatic rings. The van der Waals surface area contributed by atoms with Crippen LogP contribution in [0.3, 0.4) is 0 Å². The zero-order chi connectivity index (χ0) is 25.4. The molecule has 2 aromatic heterocycles. The Morgan fingerprint density at radius 1 is 1.11 bits per heavy atom. The lowest BCUT2D eigenvalue weighted by atomic mass is 10.1. The largest absolute Gasteiger partial charge is 0.434 e. The molecule has 0 atom stereocenters. The van der Waals surface area contributed by atoms with E-state index < -0.39 is 6.61 Å². The van der Waals surface area contributed by atoms with Gasteiger partial charge in [-0.05, 0) is 37.6 Å². The molecule has 5 rings (SSSR count). The number of hydrogen-bond donors (Lipinski definition) is 0. The number of nitrogens with zero attached hydrogens (tertiary/aromatic N) is 5. The van der Waals surface area contributed by atoms with Gasteiger partial charge in [0.05, 0.1) is 29.7 Å². The van der Waals surface area contributed by atoms with E-state index in [1.165, 1.54) is 10.7 Å². The van der Waals surface area contributed by atoms with Crippen LogP contribution in [0.15, 0.2) is 59.7 Å². The van der Waals surface area contributed by atoms with Crippen LogP contribution in [-0.4, -0.2) is 51.2 Å². The van der Waals surface area contributed by atoms with E-state index in [2.05, 4.69) is 19.6 Å². The molecule has 1 aliphatic heterocycles. The number of halogens is 2. The number of ether oxygens (including phenoxy) is 2. The zero-order valence-corrected chi connectivity index (χ0v) is 20.3. The monoisotopic (exact) mass is 495 g/mol. The lowest BCUT2D eigenvalue weighted by Gasteiger charge is -2.38. The van der Waals surface area contributed by atoms with Crippen molar-refractivity contribution in [3.05, 3.63) is 70.8 Å². The van der Waals surface area contributed by atoms with Gasteiger partial charge in [0.15, 0.2) is 0 Å². The fourth-order valence-corrected chi connectivity index (χ4v) is 4.57. The second kappa shape index (κ2) is 9.34. The van der Waals surface area contributed by atoms with Crippen LogP contribution in [0.2, 0.25) is 0 Å². The number of alkyl halides is 2. The third-order valence-electron chi connectivity index (χ3n) is 6.35. The van der Waals surface area contributed by atoms with E-state index in [0.717, 1.165) is 17.7 Å². The average molecular weight is 496 g/mol. The van der Waals surface area contributed by atoms with E-state index in [9.17, 15) is 13.6 Å². The summed E-state index contributed by atoms with van der Waals surface area (Å²) in [6, 6.07) is 12.1. The van der Waals surface area contributed by atoms with Crippen LogP contribution in [-0.2, 0) is 18.3 Å². The molecule has 10 heteroatoms. The Hall–Kier alpha value is -3.79. The van der Waals surface area contributed by atoms with Crippen molar-refractivity contribution in [3.63, 3.8) is 0 Å². The normalized spacial score (nSPS) is 15.6. The number of aromatic nitrogens is 4. The van der Waals surface area contributed by atoms with Crippen molar-refractivity contribution in [2.45, 2.75) is 32.6 Å². The maximum Gasteiger partial charge on any atom is 0.387 e. The molecule has 0 bridgehead atoms. The molecule has 0 unspecified atom stereocenters. The van der Waals surface area contributed by atoms with Crippen LogP contribution in [0.1, 0.15) is 19.4 Å². The smallest absolute Gasteiger partial charge is 0.387 e. The Balaban J connectivity index is 1.48. The Morgan fingerprint density at radius 2 is 1.86 bits per heavy atom. The fourth-order valence-electron chi connectivity index (χ4n) is 4.57. The van der Waals surface area contributed by atoms with Crippen LogP contribution in [0.5, 0.6) is 5.75 Å².